The van der Waals surface area contributed by atoms with Crippen molar-refractivity contribution in [1.82, 2.24) is 4.90 Å². The molecule has 0 radical (unpaired) electrons. The molecule has 0 aliphatic carbocycles. The molecule has 1 aliphatic heterocycles. The molecule has 1 aromatic rings. The molecule has 2 rings (SSSR count). The summed E-state index contributed by atoms with van der Waals surface area (Å²) in [5.41, 5.74) is 6.46. The molecule has 1 aliphatic rings. The van der Waals surface area contributed by atoms with E-state index in [1.165, 1.54) is 40.9 Å². The molecule has 0 saturated carbocycles. The molecule has 2 N–H and O–H groups in total. The number of halogens is 1. The molecular formula is C15H25BrN2S. The van der Waals surface area contributed by atoms with E-state index in [9.17, 15) is 0 Å². The minimum atomic E-state index is 0.234. The molecule has 3 atom stereocenters. The number of likely N-dealkylation sites (tertiary alicyclic amines) is 1. The smallest absolute Gasteiger partial charge is 0.0702 e. The Balaban J connectivity index is 2.26. The normalized spacial score (nSPS) is 24.3. The second kappa shape index (κ2) is 7.21. The van der Waals surface area contributed by atoms with Gasteiger partial charge in [-0.3, -0.25) is 4.90 Å². The first kappa shape index (κ1) is 15.5. The summed E-state index contributed by atoms with van der Waals surface area (Å²) in [6, 6.07) is 5.73. The maximum absolute atomic E-state index is 6.46. The van der Waals surface area contributed by atoms with Crippen molar-refractivity contribution in [3.63, 3.8) is 0 Å². The van der Waals surface area contributed by atoms with Gasteiger partial charge in [0.2, 0.25) is 0 Å². The van der Waals surface area contributed by atoms with Crippen molar-refractivity contribution in [3.8, 4) is 0 Å². The summed E-state index contributed by atoms with van der Waals surface area (Å²) in [5, 5.41) is 0. The van der Waals surface area contributed by atoms with Gasteiger partial charge in [0.05, 0.1) is 9.83 Å². The van der Waals surface area contributed by atoms with Crippen LogP contribution in [0.15, 0.2) is 15.9 Å². The fraction of sp³-hybridized carbons (Fsp3) is 0.733. The highest BCUT2D eigenvalue weighted by atomic mass is 79.9. The van der Waals surface area contributed by atoms with E-state index in [1.54, 1.807) is 0 Å². The van der Waals surface area contributed by atoms with Crippen molar-refractivity contribution < 1.29 is 0 Å². The lowest BCUT2D eigenvalue weighted by Gasteiger charge is -2.43. The number of nitrogens with zero attached hydrogens (tertiary/aromatic N) is 1. The Kier molecular flexibility index (Phi) is 5.87. The second-order valence-electron chi connectivity index (χ2n) is 5.45. The van der Waals surface area contributed by atoms with Crippen molar-refractivity contribution in [1.29, 1.82) is 0 Å². The molecule has 3 unspecified atom stereocenters. The molecule has 0 amide bonds. The Labute approximate surface area is 129 Å². The maximum atomic E-state index is 6.46. The summed E-state index contributed by atoms with van der Waals surface area (Å²) in [7, 11) is 0. The van der Waals surface area contributed by atoms with Crippen LogP contribution >= 0.6 is 27.3 Å². The van der Waals surface area contributed by atoms with Crippen LogP contribution in [-0.4, -0.2) is 23.5 Å². The van der Waals surface area contributed by atoms with Crippen LogP contribution in [0.4, 0.5) is 0 Å². The molecule has 2 heterocycles. The monoisotopic (exact) mass is 344 g/mol. The Morgan fingerprint density at radius 3 is 2.79 bits per heavy atom. The molecule has 108 valence electrons. The average Bonchev–Trinajstić information content (AvgIpc) is 2.85. The van der Waals surface area contributed by atoms with Crippen LogP contribution in [0.2, 0.25) is 0 Å². The van der Waals surface area contributed by atoms with E-state index in [1.807, 2.05) is 11.3 Å². The van der Waals surface area contributed by atoms with Crippen LogP contribution in [0.1, 0.15) is 56.9 Å². The zero-order valence-corrected chi connectivity index (χ0v) is 14.3. The number of thiophene rings is 1. The van der Waals surface area contributed by atoms with Gasteiger partial charge in [0.25, 0.3) is 0 Å². The van der Waals surface area contributed by atoms with Gasteiger partial charge in [-0.25, -0.2) is 0 Å². The minimum Gasteiger partial charge on any atom is -0.326 e. The van der Waals surface area contributed by atoms with Crippen LogP contribution < -0.4 is 5.73 Å². The van der Waals surface area contributed by atoms with E-state index in [2.05, 4.69) is 46.8 Å². The van der Waals surface area contributed by atoms with Gasteiger partial charge in [0.15, 0.2) is 0 Å². The third kappa shape index (κ3) is 3.60. The van der Waals surface area contributed by atoms with Gasteiger partial charge in [-0.05, 0) is 60.3 Å². The molecule has 0 bridgehead atoms. The largest absolute Gasteiger partial charge is 0.326 e. The van der Waals surface area contributed by atoms with Gasteiger partial charge in [0.1, 0.15) is 0 Å². The summed E-state index contributed by atoms with van der Waals surface area (Å²) >= 11 is 5.43. The highest BCUT2D eigenvalue weighted by Crippen LogP contribution is 2.37. The number of nitrogens with two attached hydrogens (primary N) is 1. The SMILES string of the molecule is CCC(N)C(c1ccc(Br)s1)N1CCCCC1CC. The first-order valence-electron chi connectivity index (χ1n) is 7.43. The molecule has 2 nitrogen and oxygen atoms in total. The van der Waals surface area contributed by atoms with Crippen molar-refractivity contribution >= 4 is 27.3 Å². The summed E-state index contributed by atoms with van der Waals surface area (Å²) < 4.78 is 1.21. The van der Waals surface area contributed by atoms with Crippen LogP contribution in [0.3, 0.4) is 0 Å². The predicted molar refractivity (Wildman–Crippen MR) is 87.7 cm³/mol. The molecule has 1 fully saturated rings. The predicted octanol–water partition coefficient (Wildman–Crippen LogP) is 4.55. The fourth-order valence-corrected chi connectivity index (χ4v) is 4.78. The molecule has 19 heavy (non-hydrogen) atoms. The third-order valence-corrected chi connectivity index (χ3v) is 5.96. The van der Waals surface area contributed by atoms with Crippen LogP contribution in [0.5, 0.6) is 0 Å². The Bertz CT molecular complexity index is 393. The van der Waals surface area contributed by atoms with Gasteiger partial charge in [-0.1, -0.05) is 20.3 Å². The zero-order chi connectivity index (χ0) is 13.8. The first-order chi connectivity index (χ1) is 9.17. The zero-order valence-electron chi connectivity index (χ0n) is 11.9. The lowest BCUT2D eigenvalue weighted by atomic mass is 9.93. The van der Waals surface area contributed by atoms with E-state index in [4.69, 9.17) is 5.73 Å². The van der Waals surface area contributed by atoms with E-state index < -0.39 is 0 Å². The minimum absolute atomic E-state index is 0.234. The molecular weight excluding hydrogens is 320 g/mol. The lowest BCUT2D eigenvalue weighted by Crippen LogP contribution is -2.47. The summed E-state index contributed by atoms with van der Waals surface area (Å²) in [6.07, 6.45) is 6.29. The van der Waals surface area contributed by atoms with Crippen molar-refractivity contribution in [2.75, 3.05) is 6.54 Å². The third-order valence-electron chi connectivity index (χ3n) is 4.26. The van der Waals surface area contributed by atoms with Crippen molar-refractivity contribution in [2.24, 2.45) is 5.73 Å². The number of rotatable bonds is 5. The molecule has 4 heteroatoms. The summed E-state index contributed by atoms with van der Waals surface area (Å²) in [5.74, 6) is 0. The number of hydrogen-bond acceptors (Lipinski definition) is 3. The van der Waals surface area contributed by atoms with Crippen LogP contribution in [-0.2, 0) is 0 Å². The highest BCUT2D eigenvalue weighted by Gasteiger charge is 2.32. The van der Waals surface area contributed by atoms with Gasteiger partial charge >= 0.3 is 0 Å². The Hall–Kier alpha value is 0.1000. The van der Waals surface area contributed by atoms with E-state index in [0.29, 0.717) is 12.1 Å². The first-order valence-corrected chi connectivity index (χ1v) is 9.04. The Morgan fingerprint density at radius 1 is 1.42 bits per heavy atom. The van der Waals surface area contributed by atoms with E-state index in [0.717, 1.165) is 6.42 Å². The average molecular weight is 345 g/mol. The topological polar surface area (TPSA) is 29.3 Å². The van der Waals surface area contributed by atoms with Gasteiger partial charge in [0, 0.05) is 17.0 Å². The standard InChI is InChI=1S/C15H25BrN2S/c1-3-11-7-5-6-10-18(11)15(12(17)4-2)13-8-9-14(16)19-13/h8-9,11-12,15H,3-7,10,17H2,1-2H3. The maximum Gasteiger partial charge on any atom is 0.0702 e. The van der Waals surface area contributed by atoms with E-state index in [-0.39, 0.29) is 6.04 Å². The lowest BCUT2D eigenvalue weighted by molar-refractivity contribution is 0.0776. The van der Waals surface area contributed by atoms with Crippen molar-refractivity contribution in [3.05, 3.63) is 20.8 Å². The summed E-state index contributed by atoms with van der Waals surface area (Å²) in [4.78, 5) is 4.09. The highest BCUT2D eigenvalue weighted by molar-refractivity contribution is 9.11. The van der Waals surface area contributed by atoms with E-state index >= 15 is 0 Å². The number of piperidine rings is 1. The fourth-order valence-electron chi connectivity index (χ4n) is 3.16. The van der Waals surface area contributed by atoms with Crippen molar-refractivity contribution in [2.45, 2.75) is 64.1 Å². The van der Waals surface area contributed by atoms with Gasteiger partial charge in [-0.2, -0.15) is 0 Å². The Morgan fingerprint density at radius 2 is 2.21 bits per heavy atom. The van der Waals surface area contributed by atoms with Gasteiger partial charge < -0.3 is 5.73 Å². The van der Waals surface area contributed by atoms with Crippen LogP contribution in [0.25, 0.3) is 0 Å². The second-order valence-corrected chi connectivity index (χ2v) is 7.95. The number of hydrogen-bond donors (Lipinski definition) is 1. The molecule has 0 spiro atoms. The molecule has 1 aromatic heterocycles. The molecule has 0 aromatic carbocycles. The molecule has 1 saturated heterocycles. The van der Waals surface area contributed by atoms with Gasteiger partial charge in [-0.15, -0.1) is 11.3 Å². The van der Waals surface area contributed by atoms with Crippen LogP contribution in [0, 0.1) is 0 Å². The summed E-state index contributed by atoms with van der Waals surface area (Å²) in [6.45, 7) is 5.71. The quantitative estimate of drug-likeness (QED) is 0.848.